The van der Waals surface area contributed by atoms with Crippen LogP contribution in [0.25, 0.3) is 0 Å². The topological polar surface area (TPSA) is 84.4 Å². The Labute approximate surface area is 128 Å². The van der Waals surface area contributed by atoms with Crippen molar-refractivity contribution < 1.29 is 14.4 Å². The van der Waals surface area contributed by atoms with Gasteiger partial charge < -0.3 is 14.5 Å². The summed E-state index contributed by atoms with van der Waals surface area (Å²) in [6.07, 6.45) is 2.88. The van der Waals surface area contributed by atoms with Gasteiger partial charge in [-0.05, 0) is 20.3 Å². The quantitative estimate of drug-likeness (QED) is 0.889. The second-order valence-electron chi connectivity index (χ2n) is 5.62. The van der Waals surface area contributed by atoms with Gasteiger partial charge in [0.2, 0.25) is 5.91 Å². The fourth-order valence-electron chi connectivity index (χ4n) is 2.92. The first-order valence-electron chi connectivity index (χ1n) is 7.44. The molecule has 1 aliphatic heterocycles. The van der Waals surface area contributed by atoms with E-state index >= 15 is 0 Å². The van der Waals surface area contributed by atoms with E-state index < -0.39 is 0 Å². The van der Waals surface area contributed by atoms with Crippen LogP contribution in [-0.2, 0) is 30.8 Å². The van der Waals surface area contributed by atoms with Crippen molar-refractivity contribution in [2.45, 2.75) is 46.3 Å². The van der Waals surface area contributed by atoms with E-state index in [2.05, 4.69) is 10.3 Å². The highest BCUT2D eigenvalue weighted by atomic mass is 16.5. The molecule has 0 aliphatic carbocycles. The summed E-state index contributed by atoms with van der Waals surface area (Å²) in [7, 11) is 0. The van der Waals surface area contributed by atoms with E-state index in [0.29, 0.717) is 32.5 Å². The molecule has 1 amide bonds. The van der Waals surface area contributed by atoms with Gasteiger partial charge >= 0.3 is 0 Å². The molecule has 2 aromatic rings. The first-order valence-corrected chi connectivity index (χ1v) is 7.44. The zero-order chi connectivity index (χ0) is 15.7. The SMILES string of the molecule is Cc1noc(C)c1CCC(=O)N1Cc2cnn(CCO)c2C1. The molecular weight excluding hydrogens is 284 g/mol. The molecule has 1 N–H and O–H groups in total. The molecule has 22 heavy (non-hydrogen) atoms. The minimum Gasteiger partial charge on any atom is -0.394 e. The molecule has 118 valence electrons. The molecular formula is C15H20N4O3. The van der Waals surface area contributed by atoms with Gasteiger partial charge in [0.25, 0.3) is 0 Å². The van der Waals surface area contributed by atoms with Gasteiger partial charge in [0.05, 0.1) is 37.3 Å². The predicted molar refractivity (Wildman–Crippen MR) is 77.9 cm³/mol. The van der Waals surface area contributed by atoms with Gasteiger partial charge in [0, 0.05) is 24.1 Å². The standard InChI is InChI=1S/C15H20N4O3/c1-10-13(11(2)22-17-10)3-4-15(21)18-8-12-7-16-19(5-6-20)14(12)9-18/h7,20H,3-6,8-9H2,1-2H3. The van der Waals surface area contributed by atoms with E-state index in [1.807, 2.05) is 18.7 Å². The molecule has 0 saturated heterocycles. The molecule has 7 nitrogen and oxygen atoms in total. The lowest BCUT2D eigenvalue weighted by Crippen LogP contribution is -2.26. The van der Waals surface area contributed by atoms with Crippen molar-refractivity contribution in [2.24, 2.45) is 0 Å². The van der Waals surface area contributed by atoms with E-state index in [-0.39, 0.29) is 12.5 Å². The number of amides is 1. The van der Waals surface area contributed by atoms with Crippen molar-refractivity contribution in [2.75, 3.05) is 6.61 Å². The Balaban J connectivity index is 1.61. The van der Waals surface area contributed by atoms with Gasteiger partial charge in [0.15, 0.2) is 0 Å². The Hall–Kier alpha value is -2.15. The van der Waals surface area contributed by atoms with E-state index in [1.165, 1.54) is 0 Å². The van der Waals surface area contributed by atoms with E-state index in [4.69, 9.17) is 9.63 Å². The summed E-state index contributed by atoms with van der Waals surface area (Å²) in [6.45, 7) is 5.45. The molecule has 0 atom stereocenters. The largest absolute Gasteiger partial charge is 0.394 e. The maximum atomic E-state index is 12.4. The Morgan fingerprint density at radius 1 is 1.41 bits per heavy atom. The minimum absolute atomic E-state index is 0.0497. The van der Waals surface area contributed by atoms with Crippen LogP contribution in [0.5, 0.6) is 0 Å². The smallest absolute Gasteiger partial charge is 0.223 e. The fourth-order valence-corrected chi connectivity index (χ4v) is 2.92. The molecule has 0 saturated carbocycles. The lowest BCUT2D eigenvalue weighted by Gasteiger charge is -2.16. The minimum atomic E-state index is 0.0497. The lowest BCUT2D eigenvalue weighted by molar-refractivity contribution is -0.131. The summed E-state index contributed by atoms with van der Waals surface area (Å²) in [6, 6.07) is 0. The third-order valence-corrected chi connectivity index (χ3v) is 4.17. The highest BCUT2D eigenvalue weighted by Gasteiger charge is 2.27. The van der Waals surface area contributed by atoms with Crippen LogP contribution in [0.3, 0.4) is 0 Å². The van der Waals surface area contributed by atoms with Crippen LogP contribution < -0.4 is 0 Å². The summed E-state index contributed by atoms with van der Waals surface area (Å²) >= 11 is 0. The van der Waals surface area contributed by atoms with Crippen LogP contribution in [0.15, 0.2) is 10.7 Å². The number of aromatic nitrogens is 3. The van der Waals surface area contributed by atoms with Crippen LogP contribution in [-0.4, -0.2) is 37.5 Å². The van der Waals surface area contributed by atoms with Gasteiger partial charge in [-0.1, -0.05) is 5.16 Å². The van der Waals surface area contributed by atoms with E-state index in [0.717, 1.165) is 28.3 Å². The number of hydrogen-bond donors (Lipinski definition) is 1. The van der Waals surface area contributed by atoms with Crippen LogP contribution in [0.2, 0.25) is 0 Å². The van der Waals surface area contributed by atoms with Gasteiger partial charge in [-0.25, -0.2) is 0 Å². The van der Waals surface area contributed by atoms with Gasteiger partial charge in [-0.2, -0.15) is 5.10 Å². The Bertz CT molecular complexity index is 670. The third-order valence-electron chi connectivity index (χ3n) is 4.17. The second kappa shape index (κ2) is 5.92. The van der Waals surface area contributed by atoms with Gasteiger partial charge in [0.1, 0.15) is 5.76 Å². The molecule has 2 aromatic heterocycles. The van der Waals surface area contributed by atoms with Gasteiger partial charge in [-0.3, -0.25) is 9.48 Å². The molecule has 1 aliphatic rings. The van der Waals surface area contributed by atoms with Crippen LogP contribution in [0.1, 0.15) is 34.7 Å². The van der Waals surface area contributed by atoms with Gasteiger partial charge in [-0.15, -0.1) is 0 Å². The molecule has 3 heterocycles. The maximum absolute atomic E-state index is 12.4. The van der Waals surface area contributed by atoms with Crippen LogP contribution >= 0.6 is 0 Å². The zero-order valence-corrected chi connectivity index (χ0v) is 12.9. The summed E-state index contributed by atoms with van der Waals surface area (Å²) in [4.78, 5) is 14.2. The zero-order valence-electron chi connectivity index (χ0n) is 12.9. The summed E-state index contributed by atoms with van der Waals surface area (Å²) in [5.74, 6) is 0.903. The average molecular weight is 304 g/mol. The Morgan fingerprint density at radius 3 is 2.91 bits per heavy atom. The van der Waals surface area contributed by atoms with Crippen LogP contribution in [0.4, 0.5) is 0 Å². The first-order chi connectivity index (χ1) is 10.6. The van der Waals surface area contributed by atoms with Crippen LogP contribution in [0, 0.1) is 13.8 Å². The Morgan fingerprint density at radius 2 is 2.23 bits per heavy atom. The maximum Gasteiger partial charge on any atom is 0.223 e. The molecule has 0 fully saturated rings. The van der Waals surface area contributed by atoms with Crippen molar-refractivity contribution >= 4 is 5.91 Å². The fraction of sp³-hybridized carbons (Fsp3) is 0.533. The summed E-state index contributed by atoms with van der Waals surface area (Å²) in [5.41, 5.74) is 3.98. The summed E-state index contributed by atoms with van der Waals surface area (Å²) < 4.78 is 6.90. The number of fused-ring (bicyclic) bond motifs is 1. The number of aryl methyl sites for hydroxylation is 2. The molecule has 3 rings (SSSR count). The first kappa shape index (κ1) is 14.8. The van der Waals surface area contributed by atoms with Crippen molar-refractivity contribution in [1.29, 1.82) is 0 Å². The molecule has 0 radical (unpaired) electrons. The number of nitrogens with zero attached hydrogens (tertiary/aromatic N) is 4. The number of hydrogen-bond acceptors (Lipinski definition) is 5. The number of rotatable bonds is 5. The normalized spacial score (nSPS) is 13.7. The lowest BCUT2D eigenvalue weighted by atomic mass is 10.1. The van der Waals surface area contributed by atoms with Crippen molar-refractivity contribution in [3.63, 3.8) is 0 Å². The molecule has 0 aromatic carbocycles. The Kier molecular flexibility index (Phi) is 3.98. The number of aliphatic hydroxyl groups is 1. The third kappa shape index (κ3) is 2.64. The average Bonchev–Trinajstić information content (AvgIpc) is 3.15. The van der Waals surface area contributed by atoms with Crippen molar-refractivity contribution in [3.05, 3.63) is 34.5 Å². The van der Waals surface area contributed by atoms with E-state index in [1.54, 1.807) is 10.9 Å². The van der Waals surface area contributed by atoms with E-state index in [9.17, 15) is 4.79 Å². The molecule has 0 spiro atoms. The molecule has 0 unspecified atom stereocenters. The highest BCUT2D eigenvalue weighted by molar-refractivity contribution is 5.77. The second-order valence-corrected chi connectivity index (χ2v) is 5.62. The summed E-state index contributed by atoms with van der Waals surface area (Å²) in [5, 5.41) is 17.2. The van der Waals surface area contributed by atoms with Crippen molar-refractivity contribution in [1.82, 2.24) is 19.8 Å². The number of carbonyl (C=O) groups is 1. The molecule has 7 heteroatoms. The van der Waals surface area contributed by atoms with Crippen molar-refractivity contribution in [3.8, 4) is 0 Å². The number of aliphatic hydroxyl groups excluding tert-OH is 1. The number of carbonyl (C=O) groups excluding carboxylic acids is 1. The predicted octanol–water partition coefficient (Wildman–Crippen LogP) is 0.955. The monoisotopic (exact) mass is 304 g/mol. The molecule has 0 bridgehead atoms. The highest BCUT2D eigenvalue weighted by Crippen LogP contribution is 2.24.